The van der Waals surface area contributed by atoms with Gasteiger partial charge >= 0.3 is 0 Å². The van der Waals surface area contributed by atoms with Crippen LogP contribution >= 0.6 is 0 Å². The maximum atomic E-state index is 12.6. The number of rotatable bonds is 4. The number of carbonyl (C=O) groups excluding carboxylic acids is 1. The summed E-state index contributed by atoms with van der Waals surface area (Å²) in [5.74, 6) is 1.34. The van der Waals surface area contributed by atoms with Crippen LogP contribution in [0.5, 0.6) is 0 Å². The molecule has 0 spiro atoms. The molecule has 2 rings (SSSR count). The van der Waals surface area contributed by atoms with Crippen molar-refractivity contribution in [1.82, 2.24) is 4.90 Å². The molecule has 3 heteroatoms. The van der Waals surface area contributed by atoms with Crippen LogP contribution in [0.15, 0.2) is 0 Å². The number of aliphatic hydroxyl groups excluding tert-OH is 1. The van der Waals surface area contributed by atoms with E-state index in [9.17, 15) is 9.90 Å². The predicted octanol–water partition coefficient (Wildman–Crippen LogP) is 2.97. The third-order valence-corrected chi connectivity index (χ3v) is 4.96. The summed E-state index contributed by atoms with van der Waals surface area (Å²) in [7, 11) is 0. The van der Waals surface area contributed by atoms with Crippen LogP contribution in [-0.4, -0.2) is 35.1 Å². The lowest BCUT2D eigenvalue weighted by Crippen LogP contribution is -2.43. The molecule has 0 aromatic carbocycles. The van der Waals surface area contributed by atoms with Crippen molar-refractivity contribution in [2.75, 3.05) is 13.1 Å². The molecule has 1 saturated heterocycles. The molecule has 0 bridgehead atoms. The summed E-state index contributed by atoms with van der Waals surface area (Å²) in [6.45, 7) is 3.65. The summed E-state index contributed by atoms with van der Waals surface area (Å²) in [4.78, 5) is 14.5. The van der Waals surface area contributed by atoms with Gasteiger partial charge in [-0.25, -0.2) is 0 Å². The van der Waals surface area contributed by atoms with Crippen LogP contribution in [0, 0.1) is 11.8 Å². The molecule has 1 unspecified atom stereocenters. The molecule has 3 nitrogen and oxygen atoms in total. The molecule has 19 heavy (non-hydrogen) atoms. The first-order valence-electron chi connectivity index (χ1n) is 8.17. The first kappa shape index (κ1) is 14.8. The lowest BCUT2D eigenvalue weighted by molar-refractivity contribution is -0.138. The highest BCUT2D eigenvalue weighted by atomic mass is 16.3. The molecule has 1 N–H and O–H groups in total. The Morgan fingerprint density at radius 1 is 1.16 bits per heavy atom. The number of nitrogens with zero attached hydrogens (tertiary/aromatic N) is 1. The van der Waals surface area contributed by atoms with Crippen LogP contribution in [0.4, 0.5) is 0 Å². The molecule has 0 radical (unpaired) electrons. The van der Waals surface area contributed by atoms with Gasteiger partial charge in [-0.15, -0.1) is 0 Å². The molecule has 1 saturated carbocycles. The maximum Gasteiger partial charge on any atom is 0.225 e. The van der Waals surface area contributed by atoms with Gasteiger partial charge in [-0.1, -0.05) is 39.0 Å². The van der Waals surface area contributed by atoms with Gasteiger partial charge in [0.1, 0.15) is 0 Å². The molecular formula is C16H29NO2. The highest BCUT2D eigenvalue weighted by Crippen LogP contribution is 2.31. The van der Waals surface area contributed by atoms with Gasteiger partial charge in [-0.2, -0.15) is 0 Å². The molecule has 1 heterocycles. The van der Waals surface area contributed by atoms with Crippen LogP contribution in [0.2, 0.25) is 0 Å². The molecule has 1 aliphatic heterocycles. The average molecular weight is 267 g/mol. The van der Waals surface area contributed by atoms with Gasteiger partial charge in [-0.3, -0.25) is 4.79 Å². The van der Waals surface area contributed by atoms with Crippen LogP contribution in [0.1, 0.15) is 64.7 Å². The predicted molar refractivity (Wildman–Crippen MR) is 76.8 cm³/mol. The van der Waals surface area contributed by atoms with Gasteiger partial charge in [0, 0.05) is 19.0 Å². The number of aliphatic hydroxyl groups is 1. The highest BCUT2D eigenvalue weighted by Gasteiger charge is 2.28. The number of hydrogen-bond donors (Lipinski definition) is 1. The van der Waals surface area contributed by atoms with E-state index in [4.69, 9.17) is 0 Å². The van der Waals surface area contributed by atoms with Crippen molar-refractivity contribution >= 4 is 5.91 Å². The van der Waals surface area contributed by atoms with E-state index in [1.165, 1.54) is 32.1 Å². The molecule has 2 fully saturated rings. The van der Waals surface area contributed by atoms with Crippen molar-refractivity contribution in [3.8, 4) is 0 Å². The summed E-state index contributed by atoms with van der Waals surface area (Å²) in [5.41, 5.74) is 0. The third-order valence-electron chi connectivity index (χ3n) is 4.96. The normalized spacial score (nSPS) is 24.4. The fourth-order valence-electron chi connectivity index (χ4n) is 3.61. The smallest absolute Gasteiger partial charge is 0.225 e. The Labute approximate surface area is 117 Å². The molecule has 0 aromatic rings. The third kappa shape index (κ3) is 4.20. The van der Waals surface area contributed by atoms with E-state index >= 15 is 0 Å². The van der Waals surface area contributed by atoms with Crippen molar-refractivity contribution in [2.24, 2.45) is 11.8 Å². The average Bonchev–Trinajstić information content (AvgIpc) is 2.46. The van der Waals surface area contributed by atoms with Gasteiger partial charge in [0.05, 0.1) is 6.10 Å². The van der Waals surface area contributed by atoms with E-state index in [0.29, 0.717) is 5.91 Å². The molecule has 110 valence electrons. The summed E-state index contributed by atoms with van der Waals surface area (Å²) >= 11 is 0. The lowest BCUT2D eigenvalue weighted by Gasteiger charge is -2.34. The Morgan fingerprint density at radius 2 is 1.79 bits per heavy atom. The quantitative estimate of drug-likeness (QED) is 0.850. The zero-order chi connectivity index (χ0) is 13.7. The van der Waals surface area contributed by atoms with Crippen molar-refractivity contribution in [1.29, 1.82) is 0 Å². The Bertz CT molecular complexity index is 278. The highest BCUT2D eigenvalue weighted by molar-refractivity contribution is 5.78. The standard InChI is InChI=1S/C16H29NO2/c1-2-14(12-13-6-4-3-5-7-13)16(19)17-10-8-15(18)9-11-17/h13-15,18H,2-12H2,1H3. The molecule has 2 aliphatic rings. The second-order valence-electron chi connectivity index (χ2n) is 6.40. The Balaban J connectivity index is 1.83. The van der Waals surface area contributed by atoms with E-state index in [2.05, 4.69) is 6.92 Å². The molecule has 1 aliphatic carbocycles. The van der Waals surface area contributed by atoms with Crippen molar-refractivity contribution in [3.63, 3.8) is 0 Å². The van der Waals surface area contributed by atoms with Crippen LogP contribution in [-0.2, 0) is 4.79 Å². The second kappa shape index (κ2) is 7.28. The maximum absolute atomic E-state index is 12.6. The topological polar surface area (TPSA) is 40.5 Å². The fraction of sp³-hybridized carbons (Fsp3) is 0.938. The van der Waals surface area contributed by atoms with E-state index in [0.717, 1.165) is 44.7 Å². The van der Waals surface area contributed by atoms with Gasteiger partial charge < -0.3 is 10.0 Å². The Morgan fingerprint density at radius 3 is 2.37 bits per heavy atom. The van der Waals surface area contributed by atoms with Crippen LogP contribution in [0.25, 0.3) is 0 Å². The molecule has 1 amide bonds. The fourth-order valence-corrected chi connectivity index (χ4v) is 3.61. The zero-order valence-corrected chi connectivity index (χ0v) is 12.3. The second-order valence-corrected chi connectivity index (χ2v) is 6.40. The van der Waals surface area contributed by atoms with E-state index in [1.807, 2.05) is 4.90 Å². The summed E-state index contributed by atoms with van der Waals surface area (Å²) in [6.07, 6.45) is 10.1. The number of amides is 1. The van der Waals surface area contributed by atoms with Crippen LogP contribution in [0.3, 0.4) is 0 Å². The van der Waals surface area contributed by atoms with Gasteiger partial charge in [-0.05, 0) is 31.6 Å². The SMILES string of the molecule is CCC(CC1CCCCC1)C(=O)N1CCC(O)CC1. The first-order valence-corrected chi connectivity index (χ1v) is 8.17. The van der Waals surface area contributed by atoms with E-state index in [1.54, 1.807) is 0 Å². The number of likely N-dealkylation sites (tertiary alicyclic amines) is 1. The molecular weight excluding hydrogens is 238 g/mol. The first-order chi connectivity index (χ1) is 9.20. The number of hydrogen-bond acceptors (Lipinski definition) is 2. The summed E-state index contributed by atoms with van der Waals surface area (Å²) in [5, 5.41) is 9.53. The minimum atomic E-state index is -0.192. The molecule has 1 atom stereocenters. The van der Waals surface area contributed by atoms with Gasteiger partial charge in [0.25, 0.3) is 0 Å². The lowest BCUT2D eigenvalue weighted by atomic mass is 9.81. The van der Waals surface area contributed by atoms with Gasteiger partial charge in [0.15, 0.2) is 0 Å². The Hall–Kier alpha value is -0.570. The van der Waals surface area contributed by atoms with Crippen molar-refractivity contribution < 1.29 is 9.90 Å². The van der Waals surface area contributed by atoms with Crippen LogP contribution < -0.4 is 0 Å². The minimum absolute atomic E-state index is 0.192. The largest absolute Gasteiger partial charge is 0.393 e. The minimum Gasteiger partial charge on any atom is -0.393 e. The number of piperidine rings is 1. The Kier molecular flexibility index (Phi) is 5.68. The zero-order valence-electron chi connectivity index (χ0n) is 12.3. The van der Waals surface area contributed by atoms with E-state index < -0.39 is 0 Å². The molecule has 0 aromatic heterocycles. The summed E-state index contributed by atoms with van der Waals surface area (Å²) in [6, 6.07) is 0. The summed E-state index contributed by atoms with van der Waals surface area (Å²) < 4.78 is 0. The number of carbonyl (C=O) groups is 1. The monoisotopic (exact) mass is 267 g/mol. The van der Waals surface area contributed by atoms with E-state index in [-0.39, 0.29) is 12.0 Å². The van der Waals surface area contributed by atoms with Gasteiger partial charge in [0.2, 0.25) is 5.91 Å². The van der Waals surface area contributed by atoms with Crippen molar-refractivity contribution in [2.45, 2.75) is 70.8 Å². The van der Waals surface area contributed by atoms with Crippen molar-refractivity contribution in [3.05, 3.63) is 0 Å².